The zero-order chi connectivity index (χ0) is 13.0. The molecule has 0 spiro atoms. The second-order valence-electron chi connectivity index (χ2n) is 4.83. The van der Waals surface area contributed by atoms with Crippen molar-refractivity contribution < 1.29 is 9.18 Å². The van der Waals surface area contributed by atoms with Crippen LogP contribution in [0.2, 0.25) is 0 Å². The van der Waals surface area contributed by atoms with Gasteiger partial charge in [0, 0.05) is 6.54 Å². The first-order valence-corrected chi connectivity index (χ1v) is 6.43. The summed E-state index contributed by atoms with van der Waals surface area (Å²) in [5.74, 6) is -0.179. The molecule has 1 saturated heterocycles. The van der Waals surface area contributed by atoms with Gasteiger partial charge in [0.05, 0.1) is 12.0 Å². The summed E-state index contributed by atoms with van der Waals surface area (Å²) in [4.78, 5) is 12.0. The molecule has 1 aromatic rings. The van der Waals surface area contributed by atoms with Crippen LogP contribution in [-0.2, 0) is 4.79 Å². The second-order valence-corrected chi connectivity index (χ2v) is 4.83. The largest absolute Gasteiger partial charge is 0.349 e. The number of nitrogens with one attached hydrogen (secondary N) is 2. The molecule has 1 heterocycles. The third kappa shape index (κ3) is 3.29. The summed E-state index contributed by atoms with van der Waals surface area (Å²) in [7, 11) is 0. The predicted molar refractivity (Wildman–Crippen MR) is 68.6 cm³/mol. The Balaban J connectivity index is 1.94. The molecule has 2 rings (SSSR count). The van der Waals surface area contributed by atoms with Gasteiger partial charge in [0.25, 0.3) is 0 Å². The Kier molecular flexibility index (Phi) is 4.31. The number of rotatable bonds is 3. The first kappa shape index (κ1) is 13.0. The molecule has 1 fully saturated rings. The van der Waals surface area contributed by atoms with E-state index in [-0.39, 0.29) is 23.7 Å². The SMILES string of the molecule is C[C@@H](NC(=O)[C@@H]1CCCNC1)c1cccc(F)c1. The van der Waals surface area contributed by atoms with Crippen LogP contribution in [-0.4, -0.2) is 19.0 Å². The molecule has 2 N–H and O–H groups in total. The fourth-order valence-electron chi connectivity index (χ4n) is 2.27. The lowest BCUT2D eigenvalue weighted by molar-refractivity contribution is -0.126. The minimum Gasteiger partial charge on any atom is -0.349 e. The van der Waals surface area contributed by atoms with Crippen LogP contribution in [0.25, 0.3) is 0 Å². The number of carbonyl (C=O) groups is 1. The Morgan fingerprint density at radius 1 is 1.56 bits per heavy atom. The predicted octanol–water partition coefficient (Wildman–Crippen LogP) is 2.00. The second kappa shape index (κ2) is 5.96. The molecule has 4 heteroatoms. The summed E-state index contributed by atoms with van der Waals surface area (Å²) >= 11 is 0. The lowest BCUT2D eigenvalue weighted by Gasteiger charge is -2.24. The van der Waals surface area contributed by atoms with E-state index in [1.165, 1.54) is 12.1 Å². The summed E-state index contributed by atoms with van der Waals surface area (Å²) in [6.45, 7) is 3.61. The number of piperidine rings is 1. The Labute approximate surface area is 107 Å². The van der Waals surface area contributed by atoms with Crippen molar-refractivity contribution in [3.05, 3.63) is 35.6 Å². The lowest BCUT2D eigenvalue weighted by Crippen LogP contribution is -2.41. The maximum Gasteiger partial charge on any atom is 0.224 e. The average Bonchev–Trinajstić information content (AvgIpc) is 2.39. The number of halogens is 1. The van der Waals surface area contributed by atoms with Gasteiger partial charge in [0.15, 0.2) is 0 Å². The van der Waals surface area contributed by atoms with Gasteiger partial charge in [0.1, 0.15) is 5.82 Å². The maximum atomic E-state index is 13.1. The van der Waals surface area contributed by atoms with Crippen molar-refractivity contribution >= 4 is 5.91 Å². The van der Waals surface area contributed by atoms with E-state index < -0.39 is 0 Å². The lowest BCUT2D eigenvalue weighted by atomic mass is 9.98. The number of hydrogen-bond donors (Lipinski definition) is 2. The van der Waals surface area contributed by atoms with Crippen LogP contribution in [0.5, 0.6) is 0 Å². The van der Waals surface area contributed by atoms with E-state index in [4.69, 9.17) is 0 Å². The van der Waals surface area contributed by atoms with Crippen LogP contribution in [0, 0.1) is 11.7 Å². The van der Waals surface area contributed by atoms with Gasteiger partial charge in [-0.05, 0) is 44.0 Å². The van der Waals surface area contributed by atoms with Gasteiger partial charge in [-0.15, -0.1) is 0 Å². The normalized spacial score (nSPS) is 21.3. The number of benzene rings is 1. The number of hydrogen-bond acceptors (Lipinski definition) is 2. The van der Waals surface area contributed by atoms with E-state index in [2.05, 4.69) is 10.6 Å². The molecule has 0 bridgehead atoms. The summed E-state index contributed by atoms with van der Waals surface area (Å²) in [5, 5.41) is 6.16. The quantitative estimate of drug-likeness (QED) is 0.861. The molecular formula is C14H19FN2O. The Bertz CT molecular complexity index is 416. The van der Waals surface area contributed by atoms with Crippen molar-refractivity contribution in [2.24, 2.45) is 5.92 Å². The number of carbonyl (C=O) groups excluding carboxylic acids is 1. The third-order valence-corrected chi connectivity index (χ3v) is 3.38. The molecule has 1 aliphatic heterocycles. The monoisotopic (exact) mass is 250 g/mol. The van der Waals surface area contributed by atoms with Gasteiger partial charge >= 0.3 is 0 Å². The van der Waals surface area contributed by atoms with E-state index in [0.29, 0.717) is 0 Å². The van der Waals surface area contributed by atoms with E-state index in [0.717, 1.165) is 31.5 Å². The summed E-state index contributed by atoms with van der Waals surface area (Å²) in [5.41, 5.74) is 0.798. The number of amides is 1. The maximum absolute atomic E-state index is 13.1. The van der Waals surface area contributed by atoms with Crippen LogP contribution < -0.4 is 10.6 Å². The molecule has 1 aromatic carbocycles. The van der Waals surface area contributed by atoms with Crippen LogP contribution in [0.15, 0.2) is 24.3 Å². The molecule has 0 unspecified atom stereocenters. The van der Waals surface area contributed by atoms with Crippen LogP contribution >= 0.6 is 0 Å². The molecule has 18 heavy (non-hydrogen) atoms. The summed E-state index contributed by atoms with van der Waals surface area (Å²) < 4.78 is 13.1. The topological polar surface area (TPSA) is 41.1 Å². The van der Waals surface area contributed by atoms with Crippen LogP contribution in [0.4, 0.5) is 4.39 Å². The van der Waals surface area contributed by atoms with E-state index >= 15 is 0 Å². The molecule has 0 aromatic heterocycles. The standard InChI is InChI=1S/C14H19FN2O/c1-10(11-4-2-6-13(15)8-11)17-14(18)12-5-3-7-16-9-12/h2,4,6,8,10,12,16H,3,5,7,9H2,1H3,(H,17,18)/t10-,12-/m1/s1. The highest BCUT2D eigenvalue weighted by molar-refractivity contribution is 5.79. The molecule has 1 aliphatic rings. The first-order valence-electron chi connectivity index (χ1n) is 6.43. The van der Waals surface area contributed by atoms with Gasteiger partial charge in [-0.3, -0.25) is 4.79 Å². The van der Waals surface area contributed by atoms with E-state index in [9.17, 15) is 9.18 Å². The van der Waals surface area contributed by atoms with Crippen molar-refractivity contribution in [1.29, 1.82) is 0 Å². The highest BCUT2D eigenvalue weighted by Crippen LogP contribution is 2.16. The Hall–Kier alpha value is -1.42. The minimum absolute atomic E-state index is 0.0368. The fourth-order valence-corrected chi connectivity index (χ4v) is 2.27. The van der Waals surface area contributed by atoms with Crippen molar-refractivity contribution in [1.82, 2.24) is 10.6 Å². The molecule has 3 nitrogen and oxygen atoms in total. The fraction of sp³-hybridized carbons (Fsp3) is 0.500. The van der Waals surface area contributed by atoms with Crippen LogP contribution in [0.1, 0.15) is 31.4 Å². The third-order valence-electron chi connectivity index (χ3n) is 3.38. The Morgan fingerprint density at radius 3 is 3.06 bits per heavy atom. The van der Waals surface area contributed by atoms with Crippen molar-refractivity contribution in [2.75, 3.05) is 13.1 Å². The van der Waals surface area contributed by atoms with Gasteiger partial charge in [-0.25, -0.2) is 4.39 Å². The highest BCUT2D eigenvalue weighted by Gasteiger charge is 2.22. The smallest absolute Gasteiger partial charge is 0.224 e. The average molecular weight is 250 g/mol. The van der Waals surface area contributed by atoms with Crippen molar-refractivity contribution in [3.63, 3.8) is 0 Å². The molecule has 1 amide bonds. The van der Waals surface area contributed by atoms with E-state index in [1.807, 2.05) is 13.0 Å². The van der Waals surface area contributed by atoms with Crippen LogP contribution in [0.3, 0.4) is 0 Å². The van der Waals surface area contributed by atoms with Crippen molar-refractivity contribution in [2.45, 2.75) is 25.8 Å². The van der Waals surface area contributed by atoms with Gasteiger partial charge in [0.2, 0.25) is 5.91 Å². The highest BCUT2D eigenvalue weighted by atomic mass is 19.1. The van der Waals surface area contributed by atoms with Crippen molar-refractivity contribution in [3.8, 4) is 0 Å². The van der Waals surface area contributed by atoms with E-state index in [1.54, 1.807) is 6.07 Å². The molecular weight excluding hydrogens is 231 g/mol. The molecule has 98 valence electrons. The molecule has 2 atom stereocenters. The first-order chi connectivity index (χ1) is 8.66. The Morgan fingerprint density at radius 2 is 2.39 bits per heavy atom. The molecule has 0 saturated carbocycles. The zero-order valence-electron chi connectivity index (χ0n) is 10.6. The summed E-state index contributed by atoms with van der Waals surface area (Å²) in [6.07, 6.45) is 1.96. The summed E-state index contributed by atoms with van der Waals surface area (Å²) in [6, 6.07) is 6.20. The van der Waals surface area contributed by atoms with Gasteiger partial charge < -0.3 is 10.6 Å². The van der Waals surface area contributed by atoms with Gasteiger partial charge in [-0.2, -0.15) is 0 Å². The van der Waals surface area contributed by atoms with Gasteiger partial charge in [-0.1, -0.05) is 12.1 Å². The molecule has 0 aliphatic carbocycles. The minimum atomic E-state index is -0.270. The molecule has 0 radical (unpaired) electrons. The zero-order valence-corrected chi connectivity index (χ0v) is 10.6.